The van der Waals surface area contributed by atoms with Crippen molar-refractivity contribution in [2.24, 2.45) is 0 Å². The number of thiazole rings is 1. The monoisotopic (exact) mass is 519 g/mol. The van der Waals surface area contributed by atoms with Crippen molar-refractivity contribution in [1.82, 2.24) is 4.98 Å². The van der Waals surface area contributed by atoms with Crippen LogP contribution in [0.5, 0.6) is 0 Å². The minimum Gasteiger partial charge on any atom is -0.452 e. The molecular formula is C26H21N3O5S2. The number of para-hydroxylation sites is 1. The number of anilines is 2. The quantitative estimate of drug-likeness (QED) is 0.364. The molecule has 0 aliphatic carbocycles. The average molecular weight is 520 g/mol. The Kier molecular flexibility index (Phi) is 6.53. The first-order chi connectivity index (χ1) is 17.4. The molecular weight excluding hydrogens is 498 g/mol. The molecule has 0 radical (unpaired) electrons. The van der Waals surface area contributed by atoms with Crippen LogP contribution < -0.4 is 9.62 Å². The molecule has 1 aliphatic rings. The first-order valence-electron chi connectivity index (χ1n) is 11.1. The summed E-state index contributed by atoms with van der Waals surface area (Å²) in [6.07, 6.45) is 0.623. The molecule has 8 nitrogen and oxygen atoms in total. The molecule has 0 unspecified atom stereocenters. The van der Waals surface area contributed by atoms with Gasteiger partial charge in [-0.15, -0.1) is 11.3 Å². The topological polar surface area (TPSA) is 106 Å². The van der Waals surface area contributed by atoms with E-state index in [0.29, 0.717) is 23.8 Å². The first-order valence-corrected chi connectivity index (χ1v) is 13.4. The Bertz CT molecular complexity index is 1530. The molecule has 1 aliphatic heterocycles. The molecule has 0 fully saturated rings. The molecule has 1 N–H and O–H groups in total. The highest BCUT2D eigenvalue weighted by atomic mass is 32.2. The number of esters is 1. The Hall–Kier alpha value is -4.02. The fourth-order valence-electron chi connectivity index (χ4n) is 3.91. The van der Waals surface area contributed by atoms with Crippen LogP contribution in [0.1, 0.15) is 15.9 Å². The predicted molar refractivity (Wildman–Crippen MR) is 138 cm³/mol. The summed E-state index contributed by atoms with van der Waals surface area (Å²) in [6.45, 7) is -0.200. The number of carbonyl (C=O) groups excluding carboxylic acids is 2. The normalized spacial score (nSPS) is 12.7. The maximum Gasteiger partial charge on any atom is 0.338 e. The summed E-state index contributed by atoms with van der Waals surface area (Å²) >= 11 is 1.26. The number of amides is 1. The van der Waals surface area contributed by atoms with Gasteiger partial charge in [-0.1, -0.05) is 54.6 Å². The van der Waals surface area contributed by atoms with Crippen LogP contribution in [-0.4, -0.2) is 38.4 Å². The van der Waals surface area contributed by atoms with Gasteiger partial charge in [-0.3, -0.25) is 14.4 Å². The summed E-state index contributed by atoms with van der Waals surface area (Å²) in [4.78, 5) is 29.2. The number of hydrogen-bond donors (Lipinski definition) is 1. The van der Waals surface area contributed by atoms with Crippen LogP contribution >= 0.6 is 11.3 Å². The van der Waals surface area contributed by atoms with Crippen LogP contribution in [0.25, 0.3) is 11.3 Å². The summed E-state index contributed by atoms with van der Waals surface area (Å²) in [7, 11) is -3.86. The van der Waals surface area contributed by atoms with Gasteiger partial charge in [-0.2, -0.15) is 0 Å². The molecule has 36 heavy (non-hydrogen) atoms. The minimum atomic E-state index is -3.86. The molecule has 0 saturated heterocycles. The standard InChI is InChI=1S/C26H21N3O5S2/c30-24(28-26-27-22(17-35-26)18-7-2-1-3-8-18)16-34-25(31)20-10-6-11-21(15-20)36(32,33)29-14-13-19-9-4-5-12-23(19)29/h1-12,15,17H,13-14,16H2,(H,27,28,30). The molecule has 1 amide bonds. The van der Waals surface area contributed by atoms with Gasteiger partial charge in [0.25, 0.3) is 15.9 Å². The van der Waals surface area contributed by atoms with E-state index < -0.39 is 28.5 Å². The summed E-state index contributed by atoms with van der Waals surface area (Å²) in [5, 5.41) is 4.81. The van der Waals surface area contributed by atoms with Gasteiger partial charge in [0, 0.05) is 17.5 Å². The van der Waals surface area contributed by atoms with E-state index in [1.54, 1.807) is 12.1 Å². The van der Waals surface area contributed by atoms with Crippen LogP contribution in [-0.2, 0) is 26.0 Å². The number of nitrogens with one attached hydrogen (secondary N) is 1. The Morgan fingerprint density at radius 1 is 1.00 bits per heavy atom. The molecule has 0 bridgehead atoms. The number of aromatic nitrogens is 1. The number of rotatable bonds is 7. The van der Waals surface area contributed by atoms with E-state index in [4.69, 9.17) is 4.74 Å². The van der Waals surface area contributed by atoms with E-state index in [0.717, 1.165) is 16.8 Å². The fourth-order valence-corrected chi connectivity index (χ4v) is 6.20. The number of fused-ring (bicyclic) bond motifs is 1. The van der Waals surface area contributed by atoms with Crippen molar-refractivity contribution in [1.29, 1.82) is 0 Å². The van der Waals surface area contributed by atoms with E-state index in [-0.39, 0.29) is 10.5 Å². The van der Waals surface area contributed by atoms with Gasteiger partial charge < -0.3 is 4.74 Å². The van der Waals surface area contributed by atoms with E-state index in [2.05, 4.69) is 10.3 Å². The second kappa shape index (κ2) is 9.92. The van der Waals surface area contributed by atoms with Crippen molar-refractivity contribution < 1.29 is 22.7 Å². The van der Waals surface area contributed by atoms with Gasteiger partial charge in [0.1, 0.15) is 0 Å². The molecule has 5 rings (SSSR count). The molecule has 182 valence electrons. The number of hydrogen-bond acceptors (Lipinski definition) is 7. The van der Waals surface area contributed by atoms with E-state index in [1.165, 1.54) is 39.9 Å². The van der Waals surface area contributed by atoms with Crippen LogP contribution in [0.15, 0.2) is 89.1 Å². The van der Waals surface area contributed by atoms with Crippen molar-refractivity contribution in [2.45, 2.75) is 11.3 Å². The number of ether oxygens (including phenoxy) is 1. The molecule has 3 aromatic carbocycles. The fraction of sp³-hybridized carbons (Fsp3) is 0.115. The van der Waals surface area contributed by atoms with E-state index in [9.17, 15) is 18.0 Å². The van der Waals surface area contributed by atoms with Crippen molar-refractivity contribution in [3.63, 3.8) is 0 Å². The first kappa shape index (κ1) is 23.7. The number of sulfonamides is 1. The third kappa shape index (κ3) is 4.86. The largest absolute Gasteiger partial charge is 0.452 e. The highest BCUT2D eigenvalue weighted by Crippen LogP contribution is 2.33. The summed E-state index contributed by atoms with van der Waals surface area (Å²) in [5.41, 5.74) is 3.29. The lowest BCUT2D eigenvalue weighted by Gasteiger charge is -2.19. The van der Waals surface area contributed by atoms with Crippen LogP contribution in [0.3, 0.4) is 0 Å². The Morgan fingerprint density at radius 2 is 1.78 bits per heavy atom. The van der Waals surface area contributed by atoms with E-state index >= 15 is 0 Å². The van der Waals surface area contributed by atoms with Crippen molar-refractivity contribution >= 4 is 44.1 Å². The average Bonchev–Trinajstić information content (AvgIpc) is 3.55. The molecule has 2 heterocycles. The van der Waals surface area contributed by atoms with Gasteiger partial charge in [-0.05, 0) is 36.2 Å². The molecule has 0 atom stereocenters. The zero-order valence-electron chi connectivity index (χ0n) is 19.0. The van der Waals surface area contributed by atoms with Gasteiger partial charge in [0.05, 0.1) is 21.8 Å². The van der Waals surface area contributed by atoms with Crippen molar-refractivity contribution in [3.05, 3.63) is 95.4 Å². The second-order valence-corrected chi connectivity index (χ2v) is 10.7. The van der Waals surface area contributed by atoms with Crippen molar-refractivity contribution in [3.8, 4) is 11.3 Å². The number of carbonyl (C=O) groups is 2. The predicted octanol–water partition coefficient (Wildman–Crippen LogP) is 4.36. The summed E-state index contributed by atoms with van der Waals surface area (Å²) in [6, 6.07) is 22.5. The van der Waals surface area contributed by atoms with Gasteiger partial charge >= 0.3 is 5.97 Å². The lowest BCUT2D eigenvalue weighted by Crippen LogP contribution is -2.29. The minimum absolute atomic E-state index is 0.0191. The van der Waals surface area contributed by atoms with Gasteiger partial charge in [0.15, 0.2) is 11.7 Å². The highest BCUT2D eigenvalue weighted by molar-refractivity contribution is 7.92. The zero-order chi connectivity index (χ0) is 25.1. The van der Waals surface area contributed by atoms with Crippen LogP contribution in [0, 0.1) is 0 Å². The van der Waals surface area contributed by atoms with Crippen LogP contribution in [0.4, 0.5) is 10.8 Å². The Balaban J connectivity index is 1.22. The smallest absolute Gasteiger partial charge is 0.338 e. The molecule has 1 aromatic heterocycles. The summed E-state index contributed by atoms with van der Waals surface area (Å²) in [5.74, 6) is -1.34. The van der Waals surface area contributed by atoms with Gasteiger partial charge in [-0.25, -0.2) is 18.2 Å². The highest BCUT2D eigenvalue weighted by Gasteiger charge is 2.31. The Morgan fingerprint density at radius 3 is 2.61 bits per heavy atom. The maximum atomic E-state index is 13.2. The lowest BCUT2D eigenvalue weighted by molar-refractivity contribution is -0.119. The lowest BCUT2D eigenvalue weighted by atomic mass is 10.2. The van der Waals surface area contributed by atoms with Crippen molar-refractivity contribution in [2.75, 3.05) is 22.8 Å². The molecule has 10 heteroatoms. The number of benzene rings is 3. The summed E-state index contributed by atoms with van der Waals surface area (Å²) < 4.78 is 33.0. The zero-order valence-corrected chi connectivity index (χ0v) is 20.6. The van der Waals surface area contributed by atoms with Crippen LogP contribution in [0.2, 0.25) is 0 Å². The number of nitrogens with zero attached hydrogens (tertiary/aromatic N) is 2. The third-order valence-electron chi connectivity index (χ3n) is 5.66. The van der Waals surface area contributed by atoms with E-state index in [1.807, 2.05) is 47.8 Å². The maximum absolute atomic E-state index is 13.2. The second-order valence-electron chi connectivity index (χ2n) is 8.01. The molecule has 4 aromatic rings. The SMILES string of the molecule is O=C(COC(=O)c1cccc(S(=O)(=O)N2CCc3ccccc32)c1)Nc1nc(-c2ccccc2)cs1. The Labute approximate surface area is 212 Å². The molecule has 0 saturated carbocycles. The molecule has 0 spiro atoms. The third-order valence-corrected chi connectivity index (χ3v) is 8.22. The van der Waals surface area contributed by atoms with Gasteiger partial charge in [0.2, 0.25) is 0 Å².